The highest BCUT2D eigenvalue weighted by molar-refractivity contribution is 7.88. The van der Waals surface area contributed by atoms with E-state index >= 15 is 0 Å². The van der Waals surface area contributed by atoms with Crippen LogP contribution in [0.1, 0.15) is 56.3 Å². The molecular weight excluding hydrogens is 576 g/mol. The average Bonchev–Trinajstić information content (AvgIpc) is 3.61. The zero-order valence-electron chi connectivity index (χ0n) is 22.8. The minimum absolute atomic E-state index is 0.107. The summed E-state index contributed by atoms with van der Waals surface area (Å²) in [5, 5.41) is 0.442. The second-order valence-corrected chi connectivity index (χ2v) is 12.7. The molecule has 0 amide bonds. The maximum atomic E-state index is 13.5. The minimum atomic E-state index is -3.80. The molecule has 1 aliphatic heterocycles. The van der Waals surface area contributed by atoms with E-state index in [2.05, 4.69) is 11.3 Å². The summed E-state index contributed by atoms with van der Waals surface area (Å²) in [6.45, 7) is 2.98. The summed E-state index contributed by atoms with van der Waals surface area (Å²) in [6.07, 6.45) is 3.58. The molecule has 7 nitrogen and oxygen atoms in total. The Balaban J connectivity index is 1.60. The molecule has 1 saturated heterocycles. The maximum Gasteiger partial charge on any atom is 0.387 e. The van der Waals surface area contributed by atoms with Gasteiger partial charge in [-0.3, -0.25) is 4.79 Å². The van der Waals surface area contributed by atoms with Crippen LogP contribution in [-0.2, 0) is 25.3 Å². The molecule has 0 unspecified atom stereocenters. The largest absolute Gasteiger partial charge is 0.489 e. The lowest BCUT2D eigenvalue weighted by molar-refractivity contribution is -0.153. The van der Waals surface area contributed by atoms with Gasteiger partial charge in [-0.25, -0.2) is 8.42 Å². The van der Waals surface area contributed by atoms with E-state index in [1.165, 1.54) is 22.5 Å². The molecule has 0 N–H and O–H groups in total. The molecule has 4 rings (SSSR count). The van der Waals surface area contributed by atoms with Crippen LogP contribution >= 0.6 is 11.6 Å². The van der Waals surface area contributed by atoms with E-state index in [0.717, 1.165) is 12.8 Å². The Morgan fingerprint density at radius 3 is 2.51 bits per heavy atom. The van der Waals surface area contributed by atoms with Crippen LogP contribution < -0.4 is 9.47 Å². The van der Waals surface area contributed by atoms with E-state index in [-0.39, 0.29) is 30.2 Å². The predicted molar refractivity (Wildman–Crippen MR) is 152 cm³/mol. The third-order valence-electron chi connectivity index (χ3n) is 7.10. The van der Waals surface area contributed by atoms with Crippen molar-refractivity contribution in [2.24, 2.45) is 5.92 Å². The van der Waals surface area contributed by atoms with Crippen molar-refractivity contribution >= 4 is 27.6 Å². The number of carbonyl (C=O) groups is 1. The van der Waals surface area contributed by atoms with Crippen molar-refractivity contribution in [3.8, 4) is 11.5 Å². The zero-order valence-corrected chi connectivity index (χ0v) is 24.4. The monoisotopic (exact) mass is 609 g/mol. The van der Waals surface area contributed by atoms with Gasteiger partial charge < -0.3 is 14.2 Å². The normalized spacial score (nSPS) is 19.0. The number of carbonyl (C=O) groups excluding carboxylic acids is 1. The van der Waals surface area contributed by atoms with E-state index < -0.39 is 34.7 Å². The summed E-state index contributed by atoms with van der Waals surface area (Å²) >= 11 is 6.26. The Labute approximate surface area is 244 Å². The summed E-state index contributed by atoms with van der Waals surface area (Å²) in [4.78, 5) is 13.5. The molecule has 1 saturated carbocycles. The van der Waals surface area contributed by atoms with E-state index in [0.29, 0.717) is 47.1 Å². The molecule has 41 heavy (non-hydrogen) atoms. The van der Waals surface area contributed by atoms with Crippen LogP contribution in [0.15, 0.2) is 71.8 Å². The summed E-state index contributed by atoms with van der Waals surface area (Å²) in [6, 6.07) is 12.1. The van der Waals surface area contributed by atoms with Gasteiger partial charge in [0, 0.05) is 18.0 Å². The van der Waals surface area contributed by atoms with Crippen molar-refractivity contribution in [1.29, 1.82) is 0 Å². The van der Waals surface area contributed by atoms with E-state index in [1.807, 2.05) is 0 Å². The highest BCUT2D eigenvalue weighted by atomic mass is 35.5. The van der Waals surface area contributed by atoms with Crippen LogP contribution in [0, 0.1) is 5.92 Å². The molecule has 2 atom stereocenters. The smallest absolute Gasteiger partial charge is 0.387 e. The maximum absolute atomic E-state index is 13.5. The highest BCUT2D eigenvalue weighted by Gasteiger charge is 2.40. The molecule has 0 aromatic heterocycles. The third-order valence-corrected chi connectivity index (χ3v) is 9.20. The number of alkyl halides is 2. The van der Waals surface area contributed by atoms with E-state index in [1.54, 1.807) is 43.3 Å². The van der Waals surface area contributed by atoms with Gasteiger partial charge in [-0.1, -0.05) is 60.7 Å². The number of allylic oxidation sites excluding steroid dienone is 2. The SMILES string of the molecule is C=C/C(C[C@H](OC(=O)[C@@H]1CCCN1S(=O)(=O)Cc1ccccc1)c1ccc(OC(F)F)c(OCC2CC2)c1)=C(\C)Cl. The van der Waals surface area contributed by atoms with Gasteiger partial charge in [-0.2, -0.15) is 13.1 Å². The lowest BCUT2D eigenvalue weighted by atomic mass is 10.00. The molecule has 222 valence electrons. The van der Waals surface area contributed by atoms with Crippen molar-refractivity contribution in [2.45, 2.75) is 63.5 Å². The van der Waals surface area contributed by atoms with Crippen LogP contribution in [0.5, 0.6) is 11.5 Å². The quantitative estimate of drug-likeness (QED) is 0.174. The van der Waals surface area contributed by atoms with Gasteiger partial charge in [-0.05, 0) is 67.4 Å². The Kier molecular flexibility index (Phi) is 10.4. The summed E-state index contributed by atoms with van der Waals surface area (Å²) in [5.74, 6) is -0.601. The van der Waals surface area contributed by atoms with Gasteiger partial charge >= 0.3 is 12.6 Å². The zero-order chi connectivity index (χ0) is 29.6. The number of sulfonamides is 1. The molecule has 1 heterocycles. The van der Waals surface area contributed by atoms with Gasteiger partial charge in [-0.15, -0.1) is 0 Å². The second kappa shape index (κ2) is 13.8. The molecule has 2 aromatic carbocycles. The van der Waals surface area contributed by atoms with Crippen LogP contribution in [0.3, 0.4) is 0 Å². The van der Waals surface area contributed by atoms with Crippen molar-refractivity contribution in [1.82, 2.24) is 4.31 Å². The lowest BCUT2D eigenvalue weighted by Gasteiger charge is -2.26. The summed E-state index contributed by atoms with van der Waals surface area (Å²) < 4.78 is 70.3. The molecule has 1 aliphatic carbocycles. The number of rotatable bonds is 14. The Morgan fingerprint density at radius 2 is 1.88 bits per heavy atom. The highest BCUT2D eigenvalue weighted by Crippen LogP contribution is 2.38. The molecule has 2 fully saturated rings. The van der Waals surface area contributed by atoms with E-state index in [4.69, 9.17) is 21.1 Å². The number of ether oxygens (including phenoxy) is 3. The topological polar surface area (TPSA) is 82.1 Å². The molecular formula is C30H34ClF2NO6S. The first-order valence-corrected chi connectivity index (χ1v) is 15.5. The second-order valence-electron chi connectivity index (χ2n) is 10.2. The fourth-order valence-electron chi connectivity index (χ4n) is 4.71. The molecule has 0 bridgehead atoms. The van der Waals surface area contributed by atoms with Crippen molar-refractivity contribution in [2.75, 3.05) is 13.2 Å². The Morgan fingerprint density at radius 1 is 1.15 bits per heavy atom. The minimum Gasteiger partial charge on any atom is -0.489 e. The summed E-state index contributed by atoms with van der Waals surface area (Å²) in [5.41, 5.74) is 1.69. The van der Waals surface area contributed by atoms with Crippen LogP contribution in [0.25, 0.3) is 0 Å². The number of hydrogen-bond donors (Lipinski definition) is 0. The Hall–Kier alpha value is -2.95. The average molecular weight is 610 g/mol. The number of hydrogen-bond acceptors (Lipinski definition) is 6. The predicted octanol–water partition coefficient (Wildman–Crippen LogP) is 6.74. The van der Waals surface area contributed by atoms with Crippen molar-refractivity contribution in [3.05, 3.63) is 82.9 Å². The van der Waals surface area contributed by atoms with Crippen LogP contribution in [0.2, 0.25) is 0 Å². The van der Waals surface area contributed by atoms with Gasteiger partial charge in [0.05, 0.1) is 12.4 Å². The van der Waals surface area contributed by atoms with Gasteiger partial charge in [0.15, 0.2) is 11.5 Å². The number of halogens is 3. The van der Waals surface area contributed by atoms with Gasteiger partial charge in [0.1, 0.15) is 12.1 Å². The lowest BCUT2D eigenvalue weighted by Crippen LogP contribution is -2.42. The van der Waals surface area contributed by atoms with Crippen LogP contribution in [-0.4, -0.2) is 44.5 Å². The van der Waals surface area contributed by atoms with Gasteiger partial charge in [0.2, 0.25) is 10.0 Å². The number of benzene rings is 2. The van der Waals surface area contributed by atoms with Crippen molar-refractivity contribution < 1.29 is 36.2 Å². The molecule has 0 spiro atoms. The Bertz CT molecular complexity index is 1360. The van der Waals surface area contributed by atoms with Crippen LogP contribution in [0.4, 0.5) is 8.78 Å². The number of nitrogens with zero attached hydrogens (tertiary/aromatic N) is 1. The molecule has 11 heteroatoms. The number of esters is 1. The molecule has 0 radical (unpaired) electrons. The van der Waals surface area contributed by atoms with E-state index in [9.17, 15) is 22.0 Å². The third kappa shape index (κ3) is 8.53. The molecule has 2 aromatic rings. The first-order chi connectivity index (χ1) is 19.6. The fourth-order valence-corrected chi connectivity index (χ4v) is 6.63. The first kappa shape index (κ1) is 31.0. The van der Waals surface area contributed by atoms with Gasteiger partial charge in [0.25, 0.3) is 0 Å². The fraction of sp³-hybridized carbons (Fsp3) is 0.433. The molecule has 2 aliphatic rings. The van der Waals surface area contributed by atoms with Crippen molar-refractivity contribution in [3.63, 3.8) is 0 Å². The summed E-state index contributed by atoms with van der Waals surface area (Å²) in [7, 11) is -3.80. The first-order valence-electron chi connectivity index (χ1n) is 13.5. The standard InChI is InChI=1S/C30H34ClF2NO6S/c1-3-23(20(2)31)16-27(24-13-14-26(40-30(32)33)28(17-24)38-18-21-11-12-21)39-29(35)25-10-7-15-34(25)41(36,37)19-22-8-5-4-6-9-22/h3-6,8-9,13-14,17,21,25,27,30H,1,7,10-12,15-16,18-19H2,2H3/b23-20-/t25-,27-/m0/s1.